The van der Waals surface area contributed by atoms with E-state index in [1.165, 1.54) is 62.3 Å². The lowest BCUT2D eigenvalue weighted by Gasteiger charge is -2.50. The van der Waals surface area contributed by atoms with Crippen molar-refractivity contribution < 1.29 is 74.7 Å². The number of phenols is 2. The fourth-order valence-electron chi connectivity index (χ4n) is 11.1. The van der Waals surface area contributed by atoms with Gasteiger partial charge in [0.1, 0.15) is 39.9 Å². The number of carbonyl (C=O) groups excluding carboxylic acids is 5. The van der Waals surface area contributed by atoms with E-state index >= 15 is 0 Å². The highest BCUT2D eigenvalue weighted by atomic mass is 16.4. The number of carboxylic acids is 1. The number of aromatic hydroxyl groups is 2. The molecule has 2 aromatic carbocycles. The molecule has 18 heteroatoms. The number of benzene rings is 2. The first kappa shape index (κ1) is 45.4. The summed E-state index contributed by atoms with van der Waals surface area (Å²) in [5.74, 6) is -4.00. The average Bonchev–Trinajstić information content (AvgIpc) is 3.22. The monoisotopic (exact) mass is 903 g/mol. The summed E-state index contributed by atoms with van der Waals surface area (Å²) in [5.41, 5.74) is -1.56. The number of ketones is 4. The van der Waals surface area contributed by atoms with Crippen molar-refractivity contribution in [3.8, 4) is 35.2 Å². The predicted octanol–water partition coefficient (Wildman–Crippen LogP) is 1.02. The van der Waals surface area contributed by atoms with Crippen molar-refractivity contribution in [3.05, 3.63) is 91.5 Å². The van der Waals surface area contributed by atoms with Crippen LogP contribution in [0.3, 0.4) is 0 Å². The smallest absolute Gasteiger partial charge is 0.342 e. The van der Waals surface area contributed by atoms with Gasteiger partial charge in [0.25, 0.3) is 5.91 Å². The molecule has 11 N–H and O–H groups in total. The van der Waals surface area contributed by atoms with Crippen LogP contribution in [0.25, 0.3) is 11.5 Å². The van der Waals surface area contributed by atoms with E-state index in [0.29, 0.717) is 22.3 Å². The number of Topliss-reactive ketones (excluding diaryl/α,β-unsaturated/α-hetero) is 4. The summed E-state index contributed by atoms with van der Waals surface area (Å²) in [6, 6.07) is 3.05. The molecule has 8 atom stereocenters. The second kappa shape index (κ2) is 15.7. The number of fused-ring (bicyclic) bond motifs is 6. The molecular formula is C48H45N3O15. The second-order valence-electron chi connectivity index (χ2n) is 17.9. The molecule has 0 unspecified atom stereocenters. The summed E-state index contributed by atoms with van der Waals surface area (Å²) < 4.78 is 0. The Morgan fingerprint density at radius 3 is 1.39 bits per heavy atom. The van der Waals surface area contributed by atoms with Gasteiger partial charge in [-0.1, -0.05) is 23.7 Å². The van der Waals surface area contributed by atoms with Gasteiger partial charge in [-0.15, -0.1) is 0 Å². The Balaban J connectivity index is 1.07. The summed E-state index contributed by atoms with van der Waals surface area (Å²) in [7, 11) is 5.96. The average molecular weight is 904 g/mol. The van der Waals surface area contributed by atoms with Gasteiger partial charge in [0.2, 0.25) is 11.6 Å². The highest BCUT2D eigenvalue weighted by Crippen LogP contribution is 2.55. The van der Waals surface area contributed by atoms with Crippen LogP contribution in [-0.2, 0) is 41.6 Å². The molecule has 18 nitrogen and oxygen atoms in total. The SMILES string of the molecule is CN(C)[C@@H]1C(=O)C(C(N)=O)=C(O)[C@@]2(O)C(=O)C3=C(O)c4c(O)ccc(C#CCCC#Cc5ccc(O)c6c5C[C@H]5C[C@H]7[C@H](N(C)C)C(=O)C(C(=O)O)=C(O)[C@@]7(O)C(=O)C5=C6O)c4C[C@H]3C[C@@H]12. The van der Waals surface area contributed by atoms with E-state index in [2.05, 4.69) is 23.7 Å². The van der Waals surface area contributed by atoms with Crippen LogP contribution in [0.5, 0.6) is 11.5 Å². The van der Waals surface area contributed by atoms with E-state index in [4.69, 9.17) is 5.73 Å². The molecule has 2 fully saturated rings. The summed E-state index contributed by atoms with van der Waals surface area (Å²) in [4.78, 5) is 82.1. The van der Waals surface area contributed by atoms with Crippen molar-refractivity contribution in [2.24, 2.45) is 29.4 Å². The Bertz CT molecular complexity index is 2720. The second-order valence-corrected chi connectivity index (χ2v) is 17.9. The molecule has 6 aliphatic rings. The summed E-state index contributed by atoms with van der Waals surface area (Å²) >= 11 is 0. The molecule has 0 radical (unpaired) electrons. The molecule has 6 aliphatic carbocycles. The number of unbranched alkanes of at least 4 members (excludes halogenated alkanes) is 1. The lowest BCUT2D eigenvalue weighted by atomic mass is 9.57. The third-order valence-electron chi connectivity index (χ3n) is 14.0. The molecule has 2 saturated carbocycles. The number of aliphatic hydroxyl groups is 6. The number of primary amides is 1. The molecule has 0 aliphatic heterocycles. The number of likely N-dealkylation sites (N-methyl/N-ethyl adjacent to an activating group) is 2. The van der Waals surface area contributed by atoms with Crippen LogP contribution in [0, 0.1) is 47.4 Å². The number of amides is 1. The van der Waals surface area contributed by atoms with E-state index in [9.17, 15) is 74.7 Å². The van der Waals surface area contributed by atoms with Gasteiger partial charge < -0.3 is 51.7 Å². The number of hydrogen-bond donors (Lipinski definition) is 10. The third-order valence-corrected chi connectivity index (χ3v) is 14.0. The largest absolute Gasteiger partial charge is 0.508 e. The zero-order valence-corrected chi connectivity index (χ0v) is 36.0. The molecule has 66 heavy (non-hydrogen) atoms. The van der Waals surface area contributed by atoms with Crippen LogP contribution < -0.4 is 5.73 Å². The Kier molecular flexibility index (Phi) is 10.8. The highest BCUT2D eigenvalue weighted by molar-refractivity contribution is 6.25. The van der Waals surface area contributed by atoms with Crippen LogP contribution in [0.2, 0.25) is 0 Å². The lowest BCUT2D eigenvalue weighted by molar-refractivity contribution is -0.156. The van der Waals surface area contributed by atoms with Gasteiger partial charge >= 0.3 is 5.97 Å². The molecule has 0 aromatic heterocycles. The Morgan fingerprint density at radius 1 is 0.652 bits per heavy atom. The molecule has 0 saturated heterocycles. The third kappa shape index (κ3) is 6.28. The summed E-state index contributed by atoms with van der Waals surface area (Å²) in [6.07, 6.45) is 0.251. The first-order valence-corrected chi connectivity index (χ1v) is 20.9. The van der Waals surface area contributed by atoms with Gasteiger partial charge in [0.15, 0.2) is 28.5 Å². The molecular weight excluding hydrogens is 859 g/mol. The normalized spacial score (nSPS) is 29.0. The number of aliphatic carboxylic acids is 1. The van der Waals surface area contributed by atoms with Crippen LogP contribution in [0.4, 0.5) is 0 Å². The zero-order chi connectivity index (χ0) is 48.2. The first-order valence-electron chi connectivity index (χ1n) is 20.9. The van der Waals surface area contributed by atoms with Crippen molar-refractivity contribution in [3.63, 3.8) is 0 Å². The van der Waals surface area contributed by atoms with Crippen LogP contribution in [-0.4, -0.2) is 142 Å². The number of carbonyl (C=O) groups is 6. The molecule has 0 bridgehead atoms. The van der Waals surface area contributed by atoms with E-state index in [1.54, 1.807) is 0 Å². The maximum Gasteiger partial charge on any atom is 0.342 e. The van der Waals surface area contributed by atoms with Crippen molar-refractivity contribution in [2.75, 3.05) is 28.2 Å². The maximum atomic E-state index is 14.1. The topological polar surface area (TPSA) is 317 Å². The minimum atomic E-state index is -2.85. The van der Waals surface area contributed by atoms with Crippen molar-refractivity contribution in [1.82, 2.24) is 9.80 Å². The van der Waals surface area contributed by atoms with Crippen LogP contribution >= 0.6 is 0 Å². The van der Waals surface area contributed by atoms with Crippen LogP contribution in [0.1, 0.15) is 59.1 Å². The Hall–Kier alpha value is -7.22. The first-order chi connectivity index (χ1) is 31.0. The van der Waals surface area contributed by atoms with Crippen LogP contribution in [0.15, 0.2) is 58.1 Å². The minimum Gasteiger partial charge on any atom is -0.508 e. The Morgan fingerprint density at radius 2 is 1.03 bits per heavy atom. The number of phenolic OH excluding ortho intramolecular Hbond substituents is 2. The van der Waals surface area contributed by atoms with Crippen molar-refractivity contribution >= 4 is 46.5 Å². The van der Waals surface area contributed by atoms with E-state index in [0.717, 1.165) is 0 Å². The number of carboxylic acid groups (broad SMARTS) is 1. The molecule has 8 rings (SSSR count). The maximum absolute atomic E-state index is 14.1. The number of rotatable bonds is 5. The molecule has 342 valence electrons. The Labute approximate surface area is 376 Å². The number of hydrogen-bond acceptors (Lipinski definition) is 16. The fourth-order valence-corrected chi connectivity index (χ4v) is 11.1. The highest BCUT2D eigenvalue weighted by Gasteiger charge is 2.66. The fraction of sp³-hybridized carbons (Fsp3) is 0.375. The van der Waals surface area contributed by atoms with Gasteiger partial charge in [-0.2, -0.15) is 0 Å². The van der Waals surface area contributed by atoms with Crippen molar-refractivity contribution in [1.29, 1.82) is 0 Å². The van der Waals surface area contributed by atoms with Gasteiger partial charge in [0.05, 0.1) is 23.2 Å². The van der Waals surface area contributed by atoms with E-state index < -0.39 is 122 Å². The molecule has 0 spiro atoms. The number of aliphatic hydroxyl groups excluding tert-OH is 4. The van der Waals surface area contributed by atoms with Gasteiger partial charge in [-0.05, 0) is 101 Å². The number of nitrogens with two attached hydrogens (primary N) is 1. The predicted molar refractivity (Wildman–Crippen MR) is 230 cm³/mol. The summed E-state index contributed by atoms with van der Waals surface area (Å²) in [5, 5.41) is 100. The minimum absolute atomic E-state index is 0.0237. The zero-order valence-electron chi connectivity index (χ0n) is 36.0. The standard InChI is InChI=1S/C48H45N3O15/c1-50(2)35-25-17-21-15-23-19(11-13-27(52)31(23)37(54)29(21)41(58)47(25,65)43(60)33(39(35)56)45(49)62)9-7-5-6-8-10-20-12-14-28(53)32-24(20)16-22-18-26-36(51(3)4)40(57)34(46(63)64)44(61)48(26,66)42(59)30(22)38(32)55/h11-14,21-22,25-26,35-36,52-55,60-61,65-66H,5-6,15-18H2,1-4H3,(H2,49,62)(H,63,64)/t21-,22-,25-,26-,35-,36-,47-,48-/m0/s1. The molecule has 2 aromatic rings. The summed E-state index contributed by atoms with van der Waals surface area (Å²) in [6.45, 7) is 0. The van der Waals surface area contributed by atoms with E-state index in [-0.39, 0.29) is 66.5 Å². The number of nitrogens with zero attached hydrogens (tertiary/aromatic N) is 2. The van der Waals surface area contributed by atoms with E-state index in [1.807, 2.05) is 0 Å². The van der Waals surface area contributed by atoms with Gasteiger partial charge in [0, 0.05) is 47.0 Å². The molecule has 1 amide bonds. The van der Waals surface area contributed by atoms with Gasteiger partial charge in [-0.25, -0.2) is 4.79 Å². The van der Waals surface area contributed by atoms with Crippen molar-refractivity contribution in [2.45, 2.75) is 61.8 Å². The lowest BCUT2D eigenvalue weighted by Crippen LogP contribution is -2.65. The molecule has 0 heterocycles. The quantitative estimate of drug-likeness (QED) is 0.114. The van der Waals surface area contributed by atoms with Gasteiger partial charge in [-0.3, -0.25) is 33.8 Å².